The zero-order chi connectivity index (χ0) is 23.2. The van der Waals surface area contributed by atoms with Crippen molar-refractivity contribution < 1.29 is 19.0 Å². The number of hydrogen-bond donors (Lipinski definition) is 2. The number of carbonyl (C=O) groups is 1. The third-order valence-electron chi connectivity index (χ3n) is 6.45. The fourth-order valence-corrected chi connectivity index (χ4v) is 4.73. The van der Waals surface area contributed by atoms with Crippen LogP contribution in [0.4, 0.5) is 11.4 Å². The van der Waals surface area contributed by atoms with Gasteiger partial charge in [-0.25, -0.2) is 0 Å². The van der Waals surface area contributed by atoms with Crippen LogP contribution < -0.4 is 24.8 Å². The molecule has 32 heavy (non-hydrogen) atoms. The highest BCUT2D eigenvalue weighted by molar-refractivity contribution is 6.01. The number of rotatable bonds is 4. The van der Waals surface area contributed by atoms with Crippen LogP contribution in [-0.4, -0.2) is 27.1 Å². The van der Waals surface area contributed by atoms with Gasteiger partial charge >= 0.3 is 0 Å². The Bertz CT molecular complexity index is 1090. The molecule has 6 heteroatoms. The molecule has 0 bridgehead atoms. The first-order valence-corrected chi connectivity index (χ1v) is 10.9. The van der Waals surface area contributed by atoms with E-state index in [0.29, 0.717) is 23.7 Å². The van der Waals surface area contributed by atoms with Gasteiger partial charge in [0, 0.05) is 17.7 Å². The highest BCUT2D eigenvalue weighted by atomic mass is 16.5. The van der Waals surface area contributed by atoms with E-state index >= 15 is 0 Å². The second-order valence-corrected chi connectivity index (χ2v) is 9.48. The molecule has 2 aromatic carbocycles. The third-order valence-corrected chi connectivity index (χ3v) is 6.45. The van der Waals surface area contributed by atoms with Crippen LogP contribution in [0.1, 0.15) is 49.4 Å². The molecular weight excluding hydrogens is 404 g/mol. The molecule has 1 aliphatic carbocycles. The monoisotopic (exact) mass is 436 g/mol. The molecule has 4 rings (SSSR count). The van der Waals surface area contributed by atoms with Gasteiger partial charge in [0.1, 0.15) is 0 Å². The topological polar surface area (TPSA) is 68.8 Å². The van der Waals surface area contributed by atoms with Crippen LogP contribution in [0.25, 0.3) is 0 Å². The average molecular weight is 437 g/mol. The van der Waals surface area contributed by atoms with Gasteiger partial charge < -0.3 is 24.8 Å². The number of ether oxygens (including phenoxy) is 3. The number of anilines is 2. The van der Waals surface area contributed by atoms with Crippen LogP contribution in [0.15, 0.2) is 35.5 Å². The van der Waals surface area contributed by atoms with Crippen LogP contribution in [0.2, 0.25) is 0 Å². The van der Waals surface area contributed by atoms with E-state index in [1.807, 2.05) is 12.1 Å². The number of ketones is 1. The summed E-state index contributed by atoms with van der Waals surface area (Å²) in [6.07, 6.45) is 1.30. The molecule has 170 valence electrons. The molecule has 1 atom stereocenters. The number of carbonyl (C=O) groups excluding carboxylic acids is 1. The highest BCUT2D eigenvalue weighted by Crippen LogP contribution is 2.48. The van der Waals surface area contributed by atoms with E-state index in [0.717, 1.165) is 34.6 Å². The third kappa shape index (κ3) is 3.78. The Balaban J connectivity index is 1.94. The zero-order valence-electron chi connectivity index (χ0n) is 19.9. The lowest BCUT2D eigenvalue weighted by Gasteiger charge is -2.34. The molecule has 0 spiro atoms. The smallest absolute Gasteiger partial charge is 0.203 e. The standard InChI is InChI=1S/C26H32N2O4/c1-14-8-17-18(9-15(14)2)28-24(23-19(27-17)12-26(3,4)13-20(23)29)16-10-21(30-5)25(32-7)22(11-16)31-6/h8-11,24,27-28H,12-13H2,1-7H3/t24-/m0/s1. The number of aryl methyl sites for hydroxylation is 2. The van der Waals surface area contributed by atoms with Crippen LogP contribution in [0.3, 0.4) is 0 Å². The summed E-state index contributed by atoms with van der Waals surface area (Å²) in [6, 6.07) is 7.77. The quantitative estimate of drug-likeness (QED) is 0.655. The van der Waals surface area contributed by atoms with Gasteiger partial charge in [0.25, 0.3) is 0 Å². The first kappa shape index (κ1) is 22.1. The summed E-state index contributed by atoms with van der Waals surface area (Å²) >= 11 is 0. The second-order valence-electron chi connectivity index (χ2n) is 9.48. The normalized spacial score (nSPS) is 19.2. The largest absolute Gasteiger partial charge is 0.493 e. The molecular formula is C26H32N2O4. The number of methoxy groups -OCH3 is 3. The molecule has 0 unspecified atom stereocenters. The van der Waals surface area contributed by atoms with E-state index in [-0.39, 0.29) is 17.2 Å². The van der Waals surface area contributed by atoms with E-state index in [9.17, 15) is 4.79 Å². The minimum Gasteiger partial charge on any atom is -0.493 e. The molecule has 0 saturated carbocycles. The van der Waals surface area contributed by atoms with Gasteiger partial charge in [-0.15, -0.1) is 0 Å². The molecule has 6 nitrogen and oxygen atoms in total. The number of fused-ring (bicyclic) bond motifs is 1. The van der Waals surface area contributed by atoms with E-state index in [4.69, 9.17) is 14.2 Å². The van der Waals surface area contributed by atoms with Crippen molar-refractivity contribution >= 4 is 17.2 Å². The van der Waals surface area contributed by atoms with Gasteiger partial charge in [-0.1, -0.05) is 13.8 Å². The predicted molar refractivity (Wildman–Crippen MR) is 127 cm³/mol. The lowest BCUT2D eigenvalue weighted by Crippen LogP contribution is -2.31. The Labute approximate surface area is 189 Å². The van der Waals surface area contributed by atoms with E-state index in [1.165, 1.54) is 11.1 Å². The first-order chi connectivity index (χ1) is 15.2. The Hall–Kier alpha value is -3.15. The van der Waals surface area contributed by atoms with E-state index in [1.54, 1.807) is 21.3 Å². The number of Topliss-reactive ketones (excluding diaryl/α,β-unsaturated/α-hetero) is 1. The fourth-order valence-electron chi connectivity index (χ4n) is 4.73. The number of allylic oxidation sites excluding steroid dienone is 1. The van der Waals surface area contributed by atoms with Crippen molar-refractivity contribution in [3.05, 3.63) is 52.2 Å². The maximum absolute atomic E-state index is 13.5. The van der Waals surface area contributed by atoms with Crippen LogP contribution >= 0.6 is 0 Å². The van der Waals surface area contributed by atoms with Gasteiger partial charge in [-0.2, -0.15) is 0 Å². The number of nitrogens with one attached hydrogen (secondary N) is 2. The van der Waals surface area contributed by atoms with Gasteiger partial charge in [-0.3, -0.25) is 4.79 Å². The minimum atomic E-state index is -0.349. The maximum Gasteiger partial charge on any atom is 0.203 e. The molecule has 2 aromatic rings. The molecule has 1 aliphatic heterocycles. The highest BCUT2D eigenvalue weighted by Gasteiger charge is 2.39. The van der Waals surface area contributed by atoms with Crippen LogP contribution in [0, 0.1) is 19.3 Å². The van der Waals surface area contributed by atoms with Crippen molar-refractivity contribution in [1.82, 2.24) is 0 Å². The Morgan fingerprint density at radius 3 is 2.03 bits per heavy atom. The van der Waals surface area contributed by atoms with Crippen molar-refractivity contribution in [3.63, 3.8) is 0 Å². The Morgan fingerprint density at radius 2 is 1.47 bits per heavy atom. The summed E-state index contributed by atoms with van der Waals surface area (Å²) < 4.78 is 16.7. The minimum absolute atomic E-state index is 0.104. The van der Waals surface area contributed by atoms with Crippen LogP contribution in [0.5, 0.6) is 17.2 Å². The predicted octanol–water partition coefficient (Wildman–Crippen LogP) is 5.55. The van der Waals surface area contributed by atoms with Crippen molar-refractivity contribution in [1.29, 1.82) is 0 Å². The van der Waals surface area contributed by atoms with Crippen molar-refractivity contribution in [2.45, 2.75) is 46.6 Å². The van der Waals surface area contributed by atoms with Crippen molar-refractivity contribution in [2.24, 2.45) is 5.41 Å². The van der Waals surface area contributed by atoms with E-state index in [2.05, 4.69) is 50.5 Å². The summed E-state index contributed by atoms with van der Waals surface area (Å²) in [5.41, 5.74) is 6.86. The molecule has 0 radical (unpaired) electrons. The van der Waals surface area contributed by atoms with Gasteiger partial charge in [0.05, 0.1) is 38.7 Å². The molecule has 0 saturated heterocycles. The van der Waals surface area contributed by atoms with Gasteiger partial charge in [0.2, 0.25) is 5.75 Å². The van der Waals surface area contributed by atoms with Crippen LogP contribution in [-0.2, 0) is 4.79 Å². The SMILES string of the molecule is COc1cc([C@@H]2Nc3cc(C)c(C)cc3NC3=C2C(=O)CC(C)(C)C3)cc(OC)c1OC. The summed E-state index contributed by atoms with van der Waals surface area (Å²) in [4.78, 5) is 13.5. The summed E-state index contributed by atoms with van der Waals surface area (Å²) in [7, 11) is 4.79. The fraction of sp³-hybridized carbons (Fsp3) is 0.423. The Morgan fingerprint density at radius 1 is 0.875 bits per heavy atom. The zero-order valence-corrected chi connectivity index (χ0v) is 19.9. The van der Waals surface area contributed by atoms with Crippen molar-refractivity contribution in [3.8, 4) is 17.2 Å². The molecule has 1 heterocycles. The second kappa shape index (κ2) is 8.08. The Kier molecular flexibility index (Phi) is 5.57. The summed E-state index contributed by atoms with van der Waals surface area (Å²) in [6.45, 7) is 8.48. The molecule has 0 fully saturated rings. The van der Waals surface area contributed by atoms with E-state index < -0.39 is 0 Å². The molecule has 2 N–H and O–H groups in total. The van der Waals surface area contributed by atoms with Crippen molar-refractivity contribution in [2.75, 3.05) is 32.0 Å². The molecule has 2 aliphatic rings. The number of hydrogen-bond acceptors (Lipinski definition) is 6. The van der Waals surface area contributed by atoms with Gasteiger partial charge in [0.15, 0.2) is 17.3 Å². The van der Waals surface area contributed by atoms with Gasteiger partial charge in [-0.05, 0) is 66.6 Å². The summed E-state index contributed by atoms with van der Waals surface area (Å²) in [5, 5.41) is 7.25. The molecule has 0 aromatic heterocycles. The first-order valence-electron chi connectivity index (χ1n) is 10.9. The summed E-state index contributed by atoms with van der Waals surface area (Å²) in [5.74, 6) is 1.80. The lowest BCUT2D eigenvalue weighted by molar-refractivity contribution is -0.118. The number of benzene rings is 2. The average Bonchev–Trinajstić information content (AvgIpc) is 2.88. The lowest BCUT2D eigenvalue weighted by atomic mass is 9.73. The molecule has 0 amide bonds. The maximum atomic E-state index is 13.5.